The number of amides is 2. The van der Waals surface area contributed by atoms with E-state index >= 15 is 0 Å². The lowest BCUT2D eigenvalue weighted by Crippen LogP contribution is -2.50. The van der Waals surface area contributed by atoms with Crippen LogP contribution in [-0.4, -0.2) is 95.4 Å². The van der Waals surface area contributed by atoms with Crippen LogP contribution in [0.1, 0.15) is 47.1 Å². The molecule has 39 heavy (non-hydrogen) atoms. The molecule has 0 saturated carbocycles. The van der Waals surface area contributed by atoms with Gasteiger partial charge < -0.3 is 24.2 Å². The van der Waals surface area contributed by atoms with E-state index in [2.05, 4.69) is 45.1 Å². The fraction of sp³-hybridized carbons (Fsp3) is 0.567. The first-order chi connectivity index (χ1) is 18.4. The Kier molecular flexibility index (Phi) is 8.69. The second kappa shape index (κ2) is 11.8. The molecule has 1 aromatic heterocycles. The van der Waals surface area contributed by atoms with Crippen molar-refractivity contribution in [3.05, 3.63) is 48.2 Å². The van der Waals surface area contributed by atoms with Gasteiger partial charge in [0.05, 0.1) is 0 Å². The number of anilines is 1. The number of nitrogens with zero attached hydrogens (tertiary/aromatic N) is 5. The molecule has 4 rings (SSSR count). The number of ether oxygens (including phenoxy) is 2. The molecule has 2 aromatic rings. The van der Waals surface area contributed by atoms with E-state index in [-0.39, 0.29) is 12.2 Å². The minimum atomic E-state index is -0.493. The van der Waals surface area contributed by atoms with Gasteiger partial charge in [0.1, 0.15) is 17.0 Å². The number of piperazine rings is 2. The molecular formula is C30H43N5O4. The maximum Gasteiger partial charge on any atom is 0.410 e. The number of aromatic nitrogens is 1. The second-order valence-electron chi connectivity index (χ2n) is 12.3. The summed E-state index contributed by atoms with van der Waals surface area (Å²) < 4.78 is 11.0. The Hall–Kier alpha value is -3.33. The Labute approximate surface area is 232 Å². The van der Waals surface area contributed by atoms with E-state index in [1.165, 1.54) is 5.56 Å². The molecule has 9 nitrogen and oxygen atoms in total. The molecule has 2 aliphatic rings. The summed E-state index contributed by atoms with van der Waals surface area (Å²) in [5.74, 6) is 0.917. The molecule has 2 aliphatic heterocycles. The lowest BCUT2D eigenvalue weighted by atomic mass is 10.0. The van der Waals surface area contributed by atoms with E-state index in [1.807, 2.05) is 53.8 Å². The lowest BCUT2D eigenvalue weighted by Gasteiger charge is -2.36. The molecule has 0 aliphatic carbocycles. The summed E-state index contributed by atoms with van der Waals surface area (Å²) >= 11 is 0. The van der Waals surface area contributed by atoms with Crippen LogP contribution >= 0.6 is 0 Å². The lowest BCUT2D eigenvalue weighted by molar-refractivity contribution is 0.0138. The van der Waals surface area contributed by atoms with E-state index in [1.54, 1.807) is 9.80 Å². The van der Waals surface area contributed by atoms with E-state index in [0.29, 0.717) is 39.3 Å². The van der Waals surface area contributed by atoms with Gasteiger partial charge in [-0.15, -0.1) is 0 Å². The zero-order valence-corrected chi connectivity index (χ0v) is 24.3. The molecule has 0 bridgehead atoms. The number of rotatable bonds is 4. The number of pyridine rings is 1. The summed E-state index contributed by atoms with van der Waals surface area (Å²) in [6.07, 6.45) is 1.36. The maximum absolute atomic E-state index is 12.4. The second-order valence-corrected chi connectivity index (χ2v) is 12.3. The van der Waals surface area contributed by atoms with Gasteiger partial charge >= 0.3 is 12.2 Å². The van der Waals surface area contributed by atoms with Crippen molar-refractivity contribution < 1.29 is 19.1 Å². The third kappa shape index (κ3) is 8.33. The number of carbonyl (C=O) groups is 2. The fourth-order valence-electron chi connectivity index (χ4n) is 4.74. The first kappa shape index (κ1) is 28.7. The number of hydrogen-bond acceptors (Lipinski definition) is 7. The molecule has 3 heterocycles. The zero-order chi connectivity index (χ0) is 28.2. The van der Waals surface area contributed by atoms with Crippen LogP contribution in [0, 0.1) is 0 Å². The van der Waals surface area contributed by atoms with Crippen LogP contribution in [-0.2, 0) is 16.0 Å². The standard InChI is InChI=1S/C30H43N5O4/c1-29(2,3)38-27(36)34-14-12-32(13-15-34)22-23-8-7-9-24(20-23)25-10-11-31-26(21-25)33-16-18-35(19-17-33)28(37)39-30(4,5)6/h7-11,20-21H,12-19,22H2,1-6H3. The van der Waals surface area contributed by atoms with Crippen molar-refractivity contribution in [2.24, 2.45) is 0 Å². The molecule has 0 atom stereocenters. The summed E-state index contributed by atoms with van der Waals surface area (Å²) in [7, 11) is 0. The average molecular weight is 538 g/mol. The Morgan fingerprint density at radius 3 is 1.85 bits per heavy atom. The SMILES string of the molecule is CC(C)(C)OC(=O)N1CCN(Cc2cccc(-c3ccnc(N4CCN(C(=O)OC(C)(C)C)CC4)c3)c2)CC1. The largest absolute Gasteiger partial charge is 0.444 e. The van der Waals surface area contributed by atoms with Gasteiger partial charge in [0.2, 0.25) is 0 Å². The van der Waals surface area contributed by atoms with E-state index in [0.717, 1.165) is 36.6 Å². The van der Waals surface area contributed by atoms with Crippen molar-refractivity contribution in [3.63, 3.8) is 0 Å². The minimum absolute atomic E-state index is 0.233. The number of hydrogen-bond donors (Lipinski definition) is 0. The summed E-state index contributed by atoms with van der Waals surface area (Å²) in [5, 5.41) is 0. The summed E-state index contributed by atoms with van der Waals surface area (Å²) in [6, 6.07) is 12.8. The monoisotopic (exact) mass is 537 g/mol. The Morgan fingerprint density at radius 1 is 0.744 bits per heavy atom. The van der Waals surface area contributed by atoms with E-state index in [4.69, 9.17) is 9.47 Å². The molecule has 0 radical (unpaired) electrons. The van der Waals surface area contributed by atoms with Gasteiger partial charge in [0, 0.05) is 65.1 Å². The number of carbonyl (C=O) groups excluding carboxylic acids is 2. The van der Waals surface area contributed by atoms with Crippen LogP contribution < -0.4 is 4.90 Å². The average Bonchev–Trinajstić information content (AvgIpc) is 2.87. The molecule has 2 fully saturated rings. The Balaban J connectivity index is 1.33. The highest BCUT2D eigenvalue weighted by molar-refractivity contribution is 5.70. The molecule has 2 amide bonds. The Morgan fingerprint density at radius 2 is 1.28 bits per heavy atom. The fourth-order valence-corrected chi connectivity index (χ4v) is 4.74. The predicted octanol–water partition coefficient (Wildman–Crippen LogP) is 4.86. The zero-order valence-electron chi connectivity index (χ0n) is 24.3. The van der Waals surface area contributed by atoms with E-state index in [9.17, 15) is 9.59 Å². The molecule has 2 saturated heterocycles. The van der Waals surface area contributed by atoms with Crippen LogP contribution in [0.4, 0.5) is 15.4 Å². The van der Waals surface area contributed by atoms with Gasteiger partial charge in [-0.2, -0.15) is 0 Å². The summed E-state index contributed by atoms with van der Waals surface area (Å²) in [5.41, 5.74) is 2.54. The van der Waals surface area contributed by atoms with Crippen LogP contribution in [0.15, 0.2) is 42.6 Å². The molecule has 0 spiro atoms. The first-order valence-electron chi connectivity index (χ1n) is 13.8. The highest BCUT2D eigenvalue weighted by Gasteiger charge is 2.27. The van der Waals surface area contributed by atoms with Gasteiger partial charge in [-0.25, -0.2) is 14.6 Å². The highest BCUT2D eigenvalue weighted by atomic mass is 16.6. The van der Waals surface area contributed by atoms with Gasteiger partial charge in [0.15, 0.2) is 0 Å². The third-order valence-corrected chi connectivity index (χ3v) is 6.69. The maximum atomic E-state index is 12.4. The Bertz CT molecular complexity index is 1140. The van der Waals surface area contributed by atoms with Gasteiger partial charge in [-0.1, -0.05) is 18.2 Å². The third-order valence-electron chi connectivity index (χ3n) is 6.69. The summed E-state index contributed by atoms with van der Waals surface area (Å²) in [4.78, 5) is 37.6. The smallest absolute Gasteiger partial charge is 0.410 e. The molecule has 0 unspecified atom stereocenters. The van der Waals surface area contributed by atoms with Crippen LogP contribution in [0.3, 0.4) is 0 Å². The minimum Gasteiger partial charge on any atom is -0.444 e. The van der Waals surface area contributed by atoms with Gasteiger partial charge in [0.25, 0.3) is 0 Å². The highest BCUT2D eigenvalue weighted by Crippen LogP contribution is 2.25. The molecular weight excluding hydrogens is 494 g/mol. The van der Waals surface area contributed by atoms with Crippen molar-refractivity contribution in [2.75, 3.05) is 57.3 Å². The van der Waals surface area contributed by atoms with Crippen molar-refractivity contribution >= 4 is 18.0 Å². The van der Waals surface area contributed by atoms with Crippen molar-refractivity contribution in [1.82, 2.24) is 19.7 Å². The van der Waals surface area contributed by atoms with Crippen LogP contribution in [0.25, 0.3) is 11.1 Å². The van der Waals surface area contributed by atoms with E-state index < -0.39 is 11.2 Å². The molecule has 1 aromatic carbocycles. The normalized spacial score (nSPS) is 17.2. The molecule has 0 N–H and O–H groups in total. The molecule has 212 valence electrons. The van der Waals surface area contributed by atoms with Gasteiger partial charge in [-0.3, -0.25) is 4.90 Å². The predicted molar refractivity (Wildman–Crippen MR) is 153 cm³/mol. The first-order valence-corrected chi connectivity index (χ1v) is 13.8. The van der Waals surface area contributed by atoms with Crippen molar-refractivity contribution in [2.45, 2.75) is 59.3 Å². The topological polar surface area (TPSA) is 78.5 Å². The van der Waals surface area contributed by atoms with Crippen molar-refractivity contribution in [1.29, 1.82) is 0 Å². The number of benzene rings is 1. The van der Waals surface area contributed by atoms with Crippen LogP contribution in [0.2, 0.25) is 0 Å². The van der Waals surface area contributed by atoms with Crippen molar-refractivity contribution in [3.8, 4) is 11.1 Å². The molecule has 9 heteroatoms. The summed E-state index contributed by atoms with van der Waals surface area (Å²) in [6.45, 7) is 17.8. The van der Waals surface area contributed by atoms with Gasteiger partial charge in [-0.05, 0) is 76.4 Å². The van der Waals surface area contributed by atoms with Crippen LogP contribution in [0.5, 0.6) is 0 Å². The quantitative estimate of drug-likeness (QED) is 0.551.